The molecule has 2 atom stereocenters. The van der Waals surface area contributed by atoms with Gasteiger partial charge >= 0.3 is 0 Å². The zero-order valence-electron chi connectivity index (χ0n) is 20.5. The van der Waals surface area contributed by atoms with E-state index in [0.29, 0.717) is 0 Å². The average molecular weight is 408 g/mol. The summed E-state index contributed by atoms with van der Waals surface area (Å²) in [5.41, 5.74) is 0. The zero-order chi connectivity index (χ0) is 20.9. The Morgan fingerprint density at radius 3 is 2.07 bits per heavy atom. The second-order valence-corrected chi connectivity index (χ2v) is 10.1. The van der Waals surface area contributed by atoms with Crippen molar-refractivity contribution in [3.63, 3.8) is 0 Å². The van der Waals surface area contributed by atoms with Gasteiger partial charge in [0.15, 0.2) is 0 Å². The summed E-state index contributed by atoms with van der Waals surface area (Å²) in [5, 5.41) is 0. The fourth-order valence-corrected chi connectivity index (χ4v) is 5.62. The van der Waals surface area contributed by atoms with E-state index < -0.39 is 0 Å². The van der Waals surface area contributed by atoms with Crippen LogP contribution in [-0.4, -0.2) is 72.6 Å². The van der Waals surface area contributed by atoms with Crippen molar-refractivity contribution in [1.29, 1.82) is 0 Å². The van der Waals surface area contributed by atoms with Gasteiger partial charge in [-0.25, -0.2) is 0 Å². The maximum Gasteiger partial charge on any atom is 0.0113 e. The van der Waals surface area contributed by atoms with E-state index in [1.54, 1.807) is 0 Å². The van der Waals surface area contributed by atoms with Crippen molar-refractivity contribution in [2.75, 3.05) is 45.8 Å². The van der Waals surface area contributed by atoms with E-state index in [-0.39, 0.29) is 0 Å². The van der Waals surface area contributed by atoms with Gasteiger partial charge in [-0.2, -0.15) is 0 Å². The van der Waals surface area contributed by atoms with E-state index in [1.165, 1.54) is 123 Å². The third-order valence-electron chi connectivity index (χ3n) is 7.71. The fourth-order valence-electron chi connectivity index (χ4n) is 5.62. The Labute approximate surface area is 183 Å². The van der Waals surface area contributed by atoms with Crippen molar-refractivity contribution in [3.8, 4) is 0 Å². The number of unbranched alkanes of at least 4 members (excludes halogenated alkanes) is 3. The van der Waals surface area contributed by atoms with Crippen LogP contribution >= 0.6 is 0 Å². The highest BCUT2D eigenvalue weighted by molar-refractivity contribution is 4.81. The molecule has 0 amide bonds. The van der Waals surface area contributed by atoms with Gasteiger partial charge in [-0.15, -0.1) is 0 Å². The molecule has 0 aromatic rings. The molecular formula is C26H53N3. The summed E-state index contributed by atoms with van der Waals surface area (Å²) in [6, 6.07) is 1.74. The Morgan fingerprint density at radius 2 is 1.45 bits per heavy atom. The molecule has 0 bridgehead atoms. The summed E-state index contributed by atoms with van der Waals surface area (Å²) in [6.45, 7) is 18.7. The van der Waals surface area contributed by atoms with Crippen molar-refractivity contribution >= 4 is 0 Å². The lowest BCUT2D eigenvalue weighted by atomic mass is 9.97. The quantitative estimate of drug-likeness (QED) is 0.307. The minimum Gasteiger partial charge on any atom is -0.301 e. The topological polar surface area (TPSA) is 9.72 Å². The molecule has 0 aromatic carbocycles. The normalized spacial score (nSPS) is 23.3. The largest absolute Gasteiger partial charge is 0.301 e. The summed E-state index contributed by atoms with van der Waals surface area (Å²) in [5.74, 6) is 0.903. The molecule has 172 valence electrons. The smallest absolute Gasteiger partial charge is 0.0113 e. The van der Waals surface area contributed by atoms with Crippen LogP contribution in [0, 0.1) is 5.92 Å². The lowest BCUT2D eigenvalue weighted by Crippen LogP contribution is -2.50. The first-order chi connectivity index (χ1) is 14.2. The highest BCUT2D eigenvalue weighted by atomic mass is 15.3. The lowest BCUT2D eigenvalue weighted by Gasteiger charge is -2.39. The first-order valence-electron chi connectivity index (χ1n) is 13.4. The standard InChI is InChI=1S/C26H53N3/c1-5-13-25(14-6-2)29-21-19-27(20-22-29)16-10-8-9-11-17-28-18-12-15-26(28)23-24(4)7-3/h24-26H,5-23H2,1-4H3/t24?,26-/m1/s1. The molecule has 0 spiro atoms. The second-order valence-electron chi connectivity index (χ2n) is 10.1. The number of rotatable bonds is 15. The van der Waals surface area contributed by atoms with Crippen LogP contribution in [0.15, 0.2) is 0 Å². The minimum absolute atomic E-state index is 0.849. The molecule has 2 rings (SSSR count). The third kappa shape index (κ3) is 9.27. The molecule has 29 heavy (non-hydrogen) atoms. The predicted molar refractivity (Wildman–Crippen MR) is 129 cm³/mol. The monoisotopic (exact) mass is 407 g/mol. The Hall–Kier alpha value is -0.120. The number of nitrogens with zero attached hydrogens (tertiary/aromatic N) is 3. The average Bonchev–Trinajstić information content (AvgIpc) is 3.17. The van der Waals surface area contributed by atoms with Crippen LogP contribution in [0.2, 0.25) is 0 Å². The predicted octanol–water partition coefficient (Wildman–Crippen LogP) is 6.03. The Morgan fingerprint density at radius 1 is 0.793 bits per heavy atom. The molecule has 1 unspecified atom stereocenters. The van der Waals surface area contributed by atoms with Gasteiger partial charge in [-0.05, 0) is 70.5 Å². The molecule has 2 aliphatic heterocycles. The number of piperazine rings is 1. The fraction of sp³-hybridized carbons (Fsp3) is 1.00. The molecule has 0 saturated carbocycles. The van der Waals surface area contributed by atoms with E-state index in [1.807, 2.05) is 0 Å². The van der Waals surface area contributed by atoms with Gasteiger partial charge in [0, 0.05) is 38.3 Å². The van der Waals surface area contributed by atoms with Crippen molar-refractivity contribution in [2.45, 2.75) is 117 Å². The van der Waals surface area contributed by atoms with Gasteiger partial charge in [0.2, 0.25) is 0 Å². The van der Waals surface area contributed by atoms with Crippen LogP contribution in [-0.2, 0) is 0 Å². The van der Waals surface area contributed by atoms with Gasteiger partial charge in [0.1, 0.15) is 0 Å². The van der Waals surface area contributed by atoms with Crippen LogP contribution in [0.25, 0.3) is 0 Å². The number of hydrogen-bond donors (Lipinski definition) is 0. The SMILES string of the molecule is CCCC(CCC)N1CCN(CCCCCCN2CCC[C@@H]2CC(C)CC)CC1. The van der Waals surface area contributed by atoms with Gasteiger partial charge in [0.25, 0.3) is 0 Å². The lowest BCUT2D eigenvalue weighted by molar-refractivity contribution is 0.0863. The van der Waals surface area contributed by atoms with Crippen LogP contribution in [0.4, 0.5) is 0 Å². The molecule has 3 nitrogen and oxygen atoms in total. The van der Waals surface area contributed by atoms with Gasteiger partial charge in [-0.3, -0.25) is 4.90 Å². The highest BCUT2D eigenvalue weighted by Crippen LogP contribution is 2.25. The Kier molecular flexibility index (Phi) is 12.8. The van der Waals surface area contributed by atoms with E-state index in [9.17, 15) is 0 Å². The van der Waals surface area contributed by atoms with Gasteiger partial charge in [-0.1, -0.05) is 59.8 Å². The maximum absolute atomic E-state index is 2.81. The zero-order valence-corrected chi connectivity index (χ0v) is 20.5. The van der Waals surface area contributed by atoms with Gasteiger partial charge < -0.3 is 9.80 Å². The van der Waals surface area contributed by atoms with Crippen molar-refractivity contribution in [2.24, 2.45) is 5.92 Å². The van der Waals surface area contributed by atoms with Crippen molar-refractivity contribution in [1.82, 2.24) is 14.7 Å². The van der Waals surface area contributed by atoms with Crippen LogP contribution < -0.4 is 0 Å². The maximum atomic E-state index is 2.81. The van der Waals surface area contributed by atoms with Crippen molar-refractivity contribution < 1.29 is 0 Å². The molecule has 2 saturated heterocycles. The third-order valence-corrected chi connectivity index (χ3v) is 7.71. The molecule has 0 aliphatic carbocycles. The highest BCUT2D eigenvalue weighted by Gasteiger charge is 2.25. The van der Waals surface area contributed by atoms with Gasteiger partial charge in [0.05, 0.1) is 0 Å². The molecule has 0 N–H and O–H groups in total. The van der Waals surface area contributed by atoms with E-state index >= 15 is 0 Å². The first-order valence-corrected chi connectivity index (χ1v) is 13.4. The second kappa shape index (κ2) is 14.8. The molecule has 0 radical (unpaired) electrons. The molecule has 2 heterocycles. The summed E-state index contributed by atoms with van der Waals surface area (Å²) >= 11 is 0. The summed E-state index contributed by atoms with van der Waals surface area (Å²) in [4.78, 5) is 8.33. The van der Waals surface area contributed by atoms with E-state index in [0.717, 1.165) is 18.0 Å². The van der Waals surface area contributed by atoms with Crippen LogP contribution in [0.5, 0.6) is 0 Å². The number of likely N-dealkylation sites (tertiary alicyclic amines) is 1. The summed E-state index contributed by atoms with van der Waals surface area (Å²) in [6.07, 6.45) is 16.8. The minimum atomic E-state index is 0.849. The molecule has 0 aromatic heterocycles. The summed E-state index contributed by atoms with van der Waals surface area (Å²) < 4.78 is 0. The van der Waals surface area contributed by atoms with Crippen molar-refractivity contribution in [3.05, 3.63) is 0 Å². The van der Waals surface area contributed by atoms with E-state index in [2.05, 4.69) is 42.4 Å². The number of hydrogen-bond acceptors (Lipinski definition) is 3. The molecule has 3 heteroatoms. The molecule has 2 fully saturated rings. The van der Waals surface area contributed by atoms with Crippen LogP contribution in [0.3, 0.4) is 0 Å². The van der Waals surface area contributed by atoms with E-state index in [4.69, 9.17) is 0 Å². The summed E-state index contributed by atoms with van der Waals surface area (Å²) in [7, 11) is 0. The Balaban J connectivity index is 1.51. The first kappa shape index (κ1) is 25.1. The van der Waals surface area contributed by atoms with Crippen LogP contribution in [0.1, 0.15) is 105 Å². The Bertz CT molecular complexity index is 385. The molecular weight excluding hydrogens is 354 g/mol. The molecule has 2 aliphatic rings.